The molecule has 106 valence electrons. The minimum absolute atomic E-state index is 0.0331. The van der Waals surface area contributed by atoms with E-state index in [1.165, 1.54) is 0 Å². The second-order valence-corrected chi connectivity index (χ2v) is 4.21. The Hall–Kier alpha value is -0.770. The Balaban J connectivity index is 2.42. The van der Waals surface area contributed by atoms with Crippen LogP contribution in [0.4, 0.5) is 0 Å². The molecule has 0 bridgehead atoms. The van der Waals surface area contributed by atoms with Gasteiger partial charge < -0.3 is 35.6 Å². The molecule has 1 rings (SSSR count). The molecule has 0 aromatic heterocycles. The highest BCUT2D eigenvalue weighted by Crippen LogP contribution is 2.19. The number of carboxylic acid groups (broad SMARTS) is 1. The van der Waals surface area contributed by atoms with Crippen LogP contribution in [0.2, 0.25) is 0 Å². The maximum absolute atomic E-state index is 10.3. The number of aliphatic hydroxyl groups excluding tert-OH is 4. The molecule has 1 saturated heterocycles. The maximum atomic E-state index is 10.3. The van der Waals surface area contributed by atoms with Gasteiger partial charge in [0, 0.05) is 6.42 Å². The third-order valence-electron chi connectivity index (χ3n) is 2.85. The first kappa shape index (κ1) is 15.3. The van der Waals surface area contributed by atoms with E-state index in [4.69, 9.17) is 14.9 Å². The van der Waals surface area contributed by atoms with E-state index in [0.717, 1.165) is 0 Å². The summed E-state index contributed by atoms with van der Waals surface area (Å²) in [5.74, 6) is -0.932. The first-order valence-corrected chi connectivity index (χ1v) is 5.73. The lowest BCUT2D eigenvalue weighted by molar-refractivity contribution is -0.254. The van der Waals surface area contributed by atoms with Crippen molar-refractivity contribution < 1.29 is 35.1 Å². The highest BCUT2D eigenvalue weighted by molar-refractivity contribution is 5.66. The van der Waals surface area contributed by atoms with Gasteiger partial charge in [-0.15, -0.1) is 0 Å². The van der Waals surface area contributed by atoms with E-state index in [1.54, 1.807) is 0 Å². The van der Waals surface area contributed by atoms with Crippen LogP contribution in [0.1, 0.15) is 12.8 Å². The highest BCUT2D eigenvalue weighted by atomic mass is 16.6. The summed E-state index contributed by atoms with van der Waals surface area (Å²) in [4.78, 5) is 10.3. The van der Waals surface area contributed by atoms with E-state index in [2.05, 4.69) is 5.32 Å². The number of carbonyl (C=O) groups is 1. The number of rotatable bonds is 6. The molecule has 1 aliphatic rings. The predicted molar refractivity (Wildman–Crippen MR) is 58.6 cm³/mol. The fourth-order valence-corrected chi connectivity index (χ4v) is 1.83. The summed E-state index contributed by atoms with van der Waals surface area (Å²) < 4.78 is 4.93. The summed E-state index contributed by atoms with van der Waals surface area (Å²) in [6.45, 7) is -0.258. The summed E-state index contributed by atoms with van der Waals surface area (Å²) in [5.41, 5.74) is 0. The van der Waals surface area contributed by atoms with Crippen molar-refractivity contribution >= 4 is 5.97 Å². The smallest absolute Gasteiger partial charge is 0.303 e. The summed E-state index contributed by atoms with van der Waals surface area (Å²) in [7, 11) is 0. The lowest BCUT2D eigenvalue weighted by Crippen LogP contribution is -2.63. The zero-order chi connectivity index (χ0) is 13.7. The second-order valence-electron chi connectivity index (χ2n) is 4.21. The van der Waals surface area contributed by atoms with Crippen molar-refractivity contribution in [3.63, 3.8) is 0 Å². The number of nitrogens with one attached hydrogen (secondary N) is 1. The van der Waals surface area contributed by atoms with Crippen LogP contribution in [0.15, 0.2) is 0 Å². The van der Waals surface area contributed by atoms with E-state index < -0.39 is 43.2 Å². The molecule has 6 N–H and O–H groups in total. The van der Waals surface area contributed by atoms with E-state index in [0.29, 0.717) is 6.42 Å². The minimum atomic E-state index is -1.37. The number of aliphatic carboxylic acids is 1. The average Bonchev–Trinajstić information content (AvgIpc) is 2.32. The SMILES string of the molecule is O=C(O)CCCN[C@@H]1[C@@H](O)[C@H](O)[C@@H](CO)O[C@H]1O. The Morgan fingerprint density at radius 2 is 1.89 bits per heavy atom. The molecule has 0 amide bonds. The first-order valence-electron chi connectivity index (χ1n) is 5.73. The van der Waals surface area contributed by atoms with Crippen LogP contribution in [0.3, 0.4) is 0 Å². The summed E-state index contributed by atoms with van der Waals surface area (Å²) in [5, 5.41) is 48.9. The molecule has 0 radical (unpaired) electrons. The topological polar surface area (TPSA) is 139 Å². The van der Waals surface area contributed by atoms with Gasteiger partial charge in [0.25, 0.3) is 0 Å². The average molecular weight is 265 g/mol. The third-order valence-corrected chi connectivity index (χ3v) is 2.85. The van der Waals surface area contributed by atoms with Crippen molar-refractivity contribution in [3.8, 4) is 0 Å². The molecule has 0 spiro atoms. The molecular formula is C10H19NO7. The quantitative estimate of drug-likeness (QED) is 0.284. The van der Waals surface area contributed by atoms with Gasteiger partial charge in [-0.3, -0.25) is 4.79 Å². The number of carboxylic acids is 1. The van der Waals surface area contributed by atoms with Crippen LogP contribution >= 0.6 is 0 Å². The van der Waals surface area contributed by atoms with Crippen molar-refractivity contribution in [2.45, 2.75) is 43.5 Å². The highest BCUT2D eigenvalue weighted by Gasteiger charge is 2.43. The normalized spacial score (nSPS) is 36.6. The Morgan fingerprint density at radius 1 is 1.22 bits per heavy atom. The Kier molecular flexibility index (Phi) is 5.93. The van der Waals surface area contributed by atoms with Crippen molar-refractivity contribution in [2.24, 2.45) is 0 Å². The summed E-state index contributed by atoms with van der Waals surface area (Å²) >= 11 is 0. The van der Waals surface area contributed by atoms with Gasteiger partial charge in [0.1, 0.15) is 18.3 Å². The van der Waals surface area contributed by atoms with Gasteiger partial charge in [0.15, 0.2) is 6.29 Å². The van der Waals surface area contributed by atoms with Gasteiger partial charge in [-0.05, 0) is 13.0 Å². The van der Waals surface area contributed by atoms with E-state index in [1.807, 2.05) is 0 Å². The van der Waals surface area contributed by atoms with Crippen LogP contribution in [-0.4, -0.2) is 75.3 Å². The van der Waals surface area contributed by atoms with Gasteiger partial charge >= 0.3 is 5.97 Å². The monoisotopic (exact) mass is 265 g/mol. The lowest BCUT2D eigenvalue weighted by atomic mass is 9.97. The van der Waals surface area contributed by atoms with Gasteiger partial charge in [0.05, 0.1) is 12.6 Å². The zero-order valence-electron chi connectivity index (χ0n) is 9.77. The Bertz CT molecular complexity index is 275. The van der Waals surface area contributed by atoms with Crippen LogP contribution in [0.5, 0.6) is 0 Å². The van der Waals surface area contributed by atoms with Crippen molar-refractivity contribution in [1.82, 2.24) is 5.32 Å². The standard InChI is InChI=1S/C10H19NO7/c12-4-5-8(15)9(16)7(10(17)18-5)11-3-1-2-6(13)14/h5,7-12,15-17H,1-4H2,(H,13,14)/t5-,7-,8-,9-,10-/m1/s1. The van der Waals surface area contributed by atoms with E-state index in [9.17, 15) is 20.1 Å². The molecule has 1 fully saturated rings. The maximum Gasteiger partial charge on any atom is 0.303 e. The fourth-order valence-electron chi connectivity index (χ4n) is 1.83. The zero-order valence-corrected chi connectivity index (χ0v) is 9.77. The van der Waals surface area contributed by atoms with Crippen molar-refractivity contribution in [1.29, 1.82) is 0 Å². The fraction of sp³-hybridized carbons (Fsp3) is 0.900. The molecule has 0 aliphatic carbocycles. The van der Waals surface area contributed by atoms with Crippen LogP contribution < -0.4 is 5.32 Å². The number of ether oxygens (including phenoxy) is 1. The summed E-state index contributed by atoms with van der Waals surface area (Å²) in [6, 6.07) is -0.920. The van der Waals surface area contributed by atoms with Gasteiger partial charge in [-0.2, -0.15) is 0 Å². The van der Waals surface area contributed by atoms with Crippen LogP contribution in [-0.2, 0) is 9.53 Å². The molecule has 18 heavy (non-hydrogen) atoms. The molecule has 0 aromatic rings. The minimum Gasteiger partial charge on any atom is -0.481 e. The summed E-state index contributed by atoms with van der Waals surface area (Å²) in [6.07, 6.45) is -4.72. The number of aliphatic hydroxyl groups is 4. The molecule has 1 aliphatic heterocycles. The largest absolute Gasteiger partial charge is 0.481 e. The molecule has 8 nitrogen and oxygen atoms in total. The second kappa shape index (κ2) is 6.98. The molecule has 0 saturated carbocycles. The van der Waals surface area contributed by atoms with Crippen LogP contribution in [0, 0.1) is 0 Å². The van der Waals surface area contributed by atoms with Gasteiger partial charge in [-0.25, -0.2) is 0 Å². The van der Waals surface area contributed by atoms with Gasteiger partial charge in [0.2, 0.25) is 0 Å². The predicted octanol–water partition coefficient (Wildman–Crippen LogP) is -2.76. The van der Waals surface area contributed by atoms with Crippen molar-refractivity contribution in [3.05, 3.63) is 0 Å². The lowest BCUT2D eigenvalue weighted by Gasteiger charge is -2.40. The van der Waals surface area contributed by atoms with Gasteiger partial charge in [-0.1, -0.05) is 0 Å². The molecule has 8 heteroatoms. The number of hydrogen-bond donors (Lipinski definition) is 6. The molecular weight excluding hydrogens is 246 g/mol. The van der Waals surface area contributed by atoms with Crippen LogP contribution in [0.25, 0.3) is 0 Å². The van der Waals surface area contributed by atoms with Crippen molar-refractivity contribution in [2.75, 3.05) is 13.2 Å². The number of hydrogen-bond acceptors (Lipinski definition) is 7. The first-order chi connectivity index (χ1) is 8.47. The Labute approximate surface area is 104 Å². The third kappa shape index (κ3) is 3.87. The molecule has 0 aromatic carbocycles. The molecule has 1 heterocycles. The molecule has 5 atom stereocenters. The Morgan fingerprint density at radius 3 is 2.44 bits per heavy atom. The van der Waals surface area contributed by atoms with E-state index >= 15 is 0 Å². The molecule has 0 unspecified atom stereocenters. The van der Waals surface area contributed by atoms with E-state index in [-0.39, 0.29) is 13.0 Å².